The van der Waals surface area contributed by atoms with Crippen LogP contribution in [0.25, 0.3) is 0 Å². The van der Waals surface area contributed by atoms with E-state index in [9.17, 15) is 13.6 Å². The van der Waals surface area contributed by atoms with E-state index in [0.717, 1.165) is 0 Å². The van der Waals surface area contributed by atoms with Crippen molar-refractivity contribution in [2.75, 3.05) is 13.1 Å². The first-order valence-electron chi connectivity index (χ1n) is 6.21. The average Bonchev–Trinajstić information content (AvgIpc) is 2.44. The molecule has 1 aromatic rings. The molecule has 0 fully saturated rings. The van der Waals surface area contributed by atoms with Crippen molar-refractivity contribution < 1.29 is 18.3 Å². The van der Waals surface area contributed by atoms with E-state index in [-0.39, 0.29) is 17.6 Å². The number of alkyl halides is 2. The largest absolute Gasteiger partial charge is 0.435 e. The van der Waals surface area contributed by atoms with Gasteiger partial charge < -0.3 is 9.64 Å². The predicted molar refractivity (Wildman–Crippen MR) is 69.4 cm³/mol. The summed E-state index contributed by atoms with van der Waals surface area (Å²) in [5, 5.41) is 8.78. The molecule has 0 spiro atoms. The minimum atomic E-state index is -2.89. The van der Waals surface area contributed by atoms with Gasteiger partial charge in [0.1, 0.15) is 5.75 Å². The Labute approximate surface area is 116 Å². The fourth-order valence-electron chi connectivity index (χ4n) is 1.69. The third-order valence-corrected chi connectivity index (χ3v) is 2.71. The van der Waals surface area contributed by atoms with Crippen LogP contribution in [0.15, 0.2) is 24.3 Å². The molecular weight excluding hydrogens is 266 g/mol. The fourth-order valence-corrected chi connectivity index (χ4v) is 1.69. The smallest absolute Gasteiger partial charge is 0.387 e. The number of carbonyl (C=O) groups is 1. The molecular formula is C14H16F2N2O2. The molecule has 1 aromatic carbocycles. The van der Waals surface area contributed by atoms with Crippen molar-refractivity contribution in [1.82, 2.24) is 4.90 Å². The van der Waals surface area contributed by atoms with Gasteiger partial charge in [-0.05, 0) is 38.1 Å². The summed E-state index contributed by atoms with van der Waals surface area (Å²) in [6.07, 6.45) is 0. The van der Waals surface area contributed by atoms with Gasteiger partial charge in [0.25, 0.3) is 5.91 Å². The van der Waals surface area contributed by atoms with Gasteiger partial charge >= 0.3 is 6.61 Å². The summed E-state index contributed by atoms with van der Waals surface area (Å²) in [7, 11) is 0. The van der Waals surface area contributed by atoms with Crippen LogP contribution in [0.5, 0.6) is 5.75 Å². The van der Waals surface area contributed by atoms with Crippen molar-refractivity contribution in [1.29, 1.82) is 5.26 Å². The highest BCUT2D eigenvalue weighted by Gasteiger charge is 2.16. The number of hydrogen-bond acceptors (Lipinski definition) is 3. The van der Waals surface area contributed by atoms with Gasteiger partial charge in [0.05, 0.1) is 12.0 Å². The van der Waals surface area contributed by atoms with Crippen molar-refractivity contribution >= 4 is 5.91 Å². The highest BCUT2D eigenvalue weighted by molar-refractivity contribution is 5.94. The molecule has 0 aliphatic rings. The first-order chi connectivity index (χ1) is 9.47. The van der Waals surface area contributed by atoms with Crippen molar-refractivity contribution in [3.63, 3.8) is 0 Å². The Hall–Kier alpha value is -2.16. The Kier molecular flexibility index (Phi) is 5.91. The third kappa shape index (κ3) is 4.50. The summed E-state index contributed by atoms with van der Waals surface area (Å²) >= 11 is 0. The Morgan fingerprint density at radius 2 is 2.00 bits per heavy atom. The second-order valence-electron chi connectivity index (χ2n) is 4.28. The van der Waals surface area contributed by atoms with E-state index >= 15 is 0 Å². The van der Waals surface area contributed by atoms with Crippen LogP contribution >= 0.6 is 0 Å². The minimum absolute atomic E-state index is 0.00462. The summed E-state index contributed by atoms with van der Waals surface area (Å²) in [4.78, 5) is 13.7. The van der Waals surface area contributed by atoms with E-state index in [1.54, 1.807) is 6.92 Å². The number of halogens is 2. The SMILES string of the molecule is CCN(CC(C)C#N)C(=O)c1ccc(OC(F)F)cc1. The lowest BCUT2D eigenvalue weighted by molar-refractivity contribution is -0.0498. The Balaban J connectivity index is 2.77. The standard InChI is InChI=1S/C14H16F2N2O2/c1-3-18(9-10(2)8-17)13(19)11-4-6-12(7-5-11)20-14(15)16/h4-7,10,14H,3,9H2,1-2H3. The van der Waals surface area contributed by atoms with Crippen molar-refractivity contribution in [3.05, 3.63) is 29.8 Å². The molecule has 0 saturated carbocycles. The van der Waals surface area contributed by atoms with Crippen LogP contribution in [-0.2, 0) is 0 Å². The highest BCUT2D eigenvalue weighted by atomic mass is 19.3. The van der Waals surface area contributed by atoms with Gasteiger partial charge in [-0.2, -0.15) is 14.0 Å². The van der Waals surface area contributed by atoms with Crippen molar-refractivity contribution in [2.24, 2.45) is 5.92 Å². The summed E-state index contributed by atoms with van der Waals surface area (Å²) in [5.74, 6) is -0.497. The maximum atomic E-state index is 12.2. The van der Waals surface area contributed by atoms with E-state index in [4.69, 9.17) is 5.26 Å². The first kappa shape index (κ1) is 15.9. The lowest BCUT2D eigenvalue weighted by Gasteiger charge is -2.22. The molecule has 0 saturated heterocycles. The topological polar surface area (TPSA) is 53.3 Å². The predicted octanol–water partition coefficient (Wildman–Crippen LogP) is 2.91. The number of nitriles is 1. The molecule has 4 nitrogen and oxygen atoms in total. The lowest BCUT2D eigenvalue weighted by Crippen LogP contribution is -2.34. The molecule has 0 bridgehead atoms. The van der Waals surface area contributed by atoms with Gasteiger partial charge in [0, 0.05) is 18.7 Å². The number of ether oxygens (including phenoxy) is 1. The fraction of sp³-hybridized carbons (Fsp3) is 0.429. The Bertz CT molecular complexity index is 483. The molecule has 0 aromatic heterocycles. The average molecular weight is 282 g/mol. The van der Waals surface area contributed by atoms with Gasteiger partial charge in [-0.25, -0.2) is 0 Å². The number of carbonyl (C=O) groups excluding carboxylic acids is 1. The molecule has 1 unspecified atom stereocenters. The van der Waals surface area contributed by atoms with Crippen LogP contribution in [0, 0.1) is 17.2 Å². The quantitative estimate of drug-likeness (QED) is 0.806. The van der Waals surface area contributed by atoms with E-state index in [1.165, 1.54) is 29.2 Å². The normalized spacial score (nSPS) is 11.8. The zero-order chi connectivity index (χ0) is 15.1. The lowest BCUT2D eigenvalue weighted by atomic mass is 10.1. The minimum Gasteiger partial charge on any atom is -0.435 e. The molecule has 6 heteroatoms. The Morgan fingerprint density at radius 3 is 2.45 bits per heavy atom. The zero-order valence-electron chi connectivity index (χ0n) is 11.3. The summed E-state index contributed by atoms with van der Waals surface area (Å²) < 4.78 is 28.3. The summed E-state index contributed by atoms with van der Waals surface area (Å²) in [6, 6.07) is 7.57. The molecule has 1 rings (SSSR count). The van der Waals surface area contributed by atoms with Gasteiger partial charge in [-0.3, -0.25) is 4.79 Å². The first-order valence-corrected chi connectivity index (χ1v) is 6.21. The highest BCUT2D eigenvalue weighted by Crippen LogP contribution is 2.16. The number of rotatable bonds is 6. The van der Waals surface area contributed by atoms with E-state index in [1.807, 2.05) is 6.92 Å². The van der Waals surface area contributed by atoms with Crippen LogP contribution in [0.2, 0.25) is 0 Å². The van der Waals surface area contributed by atoms with Crippen LogP contribution in [-0.4, -0.2) is 30.5 Å². The van der Waals surface area contributed by atoms with Gasteiger partial charge in [-0.15, -0.1) is 0 Å². The molecule has 0 aliphatic carbocycles. The molecule has 1 amide bonds. The molecule has 108 valence electrons. The van der Waals surface area contributed by atoms with Crippen molar-refractivity contribution in [2.45, 2.75) is 20.5 Å². The number of benzene rings is 1. The molecule has 0 radical (unpaired) electrons. The summed E-state index contributed by atoms with van der Waals surface area (Å²) in [5.41, 5.74) is 0.374. The molecule has 0 aliphatic heterocycles. The molecule has 20 heavy (non-hydrogen) atoms. The zero-order valence-corrected chi connectivity index (χ0v) is 11.3. The van der Waals surface area contributed by atoms with Gasteiger partial charge in [0.15, 0.2) is 0 Å². The van der Waals surface area contributed by atoms with Crippen LogP contribution in [0.4, 0.5) is 8.78 Å². The second-order valence-corrected chi connectivity index (χ2v) is 4.28. The van der Waals surface area contributed by atoms with E-state index in [2.05, 4.69) is 10.8 Å². The van der Waals surface area contributed by atoms with E-state index < -0.39 is 6.61 Å². The Morgan fingerprint density at radius 1 is 1.40 bits per heavy atom. The molecule has 1 atom stereocenters. The van der Waals surface area contributed by atoms with Crippen molar-refractivity contribution in [3.8, 4) is 11.8 Å². The number of amides is 1. The molecule has 0 N–H and O–H groups in total. The van der Waals surface area contributed by atoms with Crippen LogP contribution < -0.4 is 4.74 Å². The van der Waals surface area contributed by atoms with Crippen LogP contribution in [0.3, 0.4) is 0 Å². The maximum absolute atomic E-state index is 12.2. The second kappa shape index (κ2) is 7.43. The number of nitrogens with zero attached hydrogens (tertiary/aromatic N) is 2. The molecule has 0 heterocycles. The van der Waals surface area contributed by atoms with Crippen LogP contribution in [0.1, 0.15) is 24.2 Å². The van der Waals surface area contributed by atoms with Gasteiger partial charge in [-0.1, -0.05) is 0 Å². The maximum Gasteiger partial charge on any atom is 0.387 e. The van der Waals surface area contributed by atoms with Gasteiger partial charge in [0.2, 0.25) is 0 Å². The third-order valence-electron chi connectivity index (χ3n) is 2.71. The summed E-state index contributed by atoms with van der Waals surface area (Å²) in [6.45, 7) is 1.47. The van der Waals surface area contributed by atoms with E-state index in [0.29, 0.717) is 18.7 Å². The monoisotopic (exact) mass is 282 g/mol. The number of hydrogen-bond donors (Lipinski definition) is 0.